The molecule has 2 aromatic heterocycles. The maximum atomic E-state index is 14.0. The van der Waals surface area contributed by atoms with E-state index < -0.39 is 11.8 Å². The number of rotatable bonds is 4. The number of nitrogens with one attached hydrogen (secondary N) is 1. The van der Waals surface area contributed by atoms with Crippen molar-refractivity contribution in [3.8, 4) is 33.6 Å². The molecule has 0 radical (unpaired) electrons. The summed E-state index contributed by atoms with van der Waals surface area (Å²) in [6.45, 7) is 1.61. The van der Waals surface area contributed by atoms with Gasteiger partial charge < -0.3 is 20.6 Å². The van der Waals surface area contributed by atoms with Gasteiger partial charge in [-0.1, -0.05) is 72.8 Å². The maximum Gasteiger partial charge on any atom is 1.00 e. The molecular weight excluding hydrogens is 641 g/mol. The van der Waals surface area contributed by atoms with Crippen molar-refractivity contribution in [2.24, 2.45) is 0 Å². The van der Waals surface area contributed by atoms with Gasteiger partial charge in [0.05, 0.1) is 22.9 Å². The molecule has 3 N–H and O–H groups in total. The first-order valence-electron chi connectivity index (χ1n) is 12.9. The Morgan fingerprint density at radius 1 is 0.864 bits per heavy atom. The van der Waals surface area contributed by atoms with Gasteiger partial charge in [0.25, 0.3) is 5.56 Å². The Balaban J connectivity index is 0.000000234. The molecule has 6 rings (SSSR count). The Kier molecular flexibility index (Phi) is 10.4. The van der Waals surface area contributed by atoms with E-state index in [4.69, 9.17) is 5.73 Å². The van der Waals surface area contributed by atoms with Crippen LogP contribution in [0.25, 0.3) is 44.5 Å². The molecule has 11 heteroatoms. The molecule has 0 saturated heterocycles. The molecule has 0 fully saturated rings. The SMILES string of the molecule is Cc1c(-c2ccc(-c3ccccc3F)cc2)nc2ccc(F)cc2c1C(=O)[O-].Nc1nc(=O)c(Br)c(-c2ccccc2)[nH]1.[Na+]. The van der Waals surface area contributed by atoms with Crippen LogP contribution >= 0.6 is 15.9 Å². The first kappa shape index (κ1) is 32.7. The summed E-state index contributed by atoms with van der Waals surface area (Å²) in [5, 5.41) is 11.9. The van der Waals surface area contributed by atoms with E-state index in [-0.39, 0.29) is 57.8 Å². The second-order valence-electron chi connectivity index (χ2n) is 9.45. The maximum absolute atomic E-state index is 14.0. The van der Waals surface area contributed by atoms with Crippen LogP contribution in [0.3, 0.4) is 0 Å². The van der Waals surface area contributed by atoms with Gasteiger partial charge in [-0.05, 0) is 63.8 Å². The van der Waals surface area contributed by atoms with E-state index in [0.29, 0.717) is 43.6 Å². The van der Waals surface area contributed by atoms with Gasteiger partial charge in [-0.25, -0.2) is 13.8 Å². The Hall–Kier alpha value is -4.22. The van der Waals surface area contributed by atoms with Crippen molar-refractivity contribution in [1.29, 1.82) is 0 Å². The molecule has 7 nitrogen and oxygen atoms in total. The number of carboxylic acids is 1. The number of hydrogen-bond acceptors (Lipinski definition) is 6. The van der Waals surface area contributed by atoms with Crippen LogP contribution in [0.5, 0.6) is 0 Å². The molecule has 0 atom stereocenters. The van der Waals surface area contributed by atoms with E-state index >= 15 is 0 Å². The predicted molar refractivity (Wildman–Crippen MR) is 164 cm³/mol. The fourth-order valence-corrected chi connectivity index (χ4v) is 5.07. The van der Waals surface area contributed by atoms with Crippen LogP contribution < -0.4 is 46.0 Å². The minimum absolute atomic E-state index is 0. The molecule has 4 aromatic carbocycles. The molecule has 0 bridgehead atoms. The smallest absolute Gasteiger partial charge is 0.545 e. The number of nitrogens with zero attached hydrogens (tertiary/aromatic N) is 2. The minimum atomic E-state index is -1.39. The minimum Gasteiger partial charge on any atom is -0.545 e. The average molecular weight is 663 g/mol. The molecule has 0 unspecified atom stereocenters. The number of fused-ring (bicyclic) bond motifs is 1. The average Bonchev–Trinajstić information content (AvgIpc) is 2.99. The van der Waals surface area contributed by atoms with Gasteiger partial charge in [0.2, 0.25) is 5.95 Å². The summed E-state index contributed by atoms with van der Waals surface area (Å²) in [6, 6.07) is 26.7. The van der Waals surface area contributed by atoms with Gasteiger partial charge in [0, 0.05) is 22.1 Å². The van der Waals surface area contributed by atoms with Gasteiger partial charge in [0.15, 0.2) is 0 Å². The number of carbonyl (C=O) groups excluding carboxylic acids is 1. The standard InChI is InChI=1S/C23H15F2NO2.C10H8BrN3O.Na/c1-13-21(23(27)28)18-12-16(24)10-11-20(18)26-22(13)15-8-6-14(7-9-15)17-4-2-3-5-19(17)25;11-7-8(6-4-2-1-3-5-6)13-10(12)14-9(7)15;/h2-12H,1H3,(H,27,28);1-5H,(H3,12,13,14,15);/q;;+1/p-1. The monoisotopic (exact) mass is 662 g/mol. The summed E-state index contributed by atoms with van der Waals surface area (Å²) < 4.78 is 28.0. The summed E-state index contributed by atoms with van der Waals surface area (Å²) in [6.07, 6.45) is 0. The fourth-order valence-electron chi connectivity index (χ4n) is 4.66. The summed E-state index contributed by atoms with van der Waals surface area (Å²) in [5.74, 6) is -2.14. The van der Waals surface area contributed by atoms with Gasteiger partial charge in [-0.2, -0.15) is 4.98 Å². The molecule has 0 saturated carbocycles. The van der Waals surface area contributed by atoms with E-state index in [2.05, 4.69) is 30.9 Å². The molecular formula is C33H22BrF2N4NaO3. The first-order valence-corrected chi connectivity index (χ1v) is 13.7. The fraction of sp³-hybridized carbons (Fsp3) is 0.0303. The third-order valence-electron chi connectivity index (χ3n) is 6.68. The van der Waals surface area contributed by atoms with Crippen LogP contribution in [0.1, 0.15) is 15.9 Å². The van der Waals surface area contributed by atoms with E-state index in [9.17, 15) is 23.5 Å². The van der Waals surface area contributed by atoms with Crippen molar-refractivity contribution in [2.45, 2.75) is 6.92 Å². The van der Waals surface area contributed by atoms with Gasteiger partial charge >= 0.3 is 29.6 Å². The third-order valence-corrected chi connectivity index (χ3v) is 7.42. The number of halogens is 3. The van der Waals surface area contributed by atoms with E-state index in [0.717, 1.165) is 11.6 Å². The second kappa shape index (κ2) is 14.0. The first-order chi connectivity index (χ1) is 20.6. The zero-order chi connectivity index (χ0) is 30.7. The summed E-state index contributed by atoms with van der Waals surface area (Å²) >= 11 is 3.19. The van der Waals surface area contributed by atoms with Crippen LogP contribution in [-0.2, 0) is 0 Å². The zero-order valence-corrected chi connectivity index (χ0v) is 27.2. The number of nitrogens with two attached hydrogens (primary N) is 1. The van der Waals surface area contributed by atoms with Crippen molar-refractivity contribution in [3.63, 3.8) is 0 Å². The topological polar surface area (TPSA) is 125 Å². The molecule has 0 spiro atoms. The van der Waals surface area contributed by atoms with Crippen molar-refractivity contribution in [3.05, 3.63) is 135 Å². The number of hydrogen-bond donors (Lipinski definition) is 2. The van der Waals surface area contributed by atoms with Crippen molar-refractivity contribution >= 4 is 38.8 Å². The number of anilines is 1. The van der Waals surface area contributed by atoms with Crippen LogP contribution in [0.2, 0.25) is 0 Å². The normalized spacial score (nSPS) is 10.5. The van der Waals surface area contributed by atoms with E-state index in [1.54, 1.807) is 49.4 Å². The molecule has 0 aliphatic carbocycles. The quantitative estimate of drug-likeness (QED) is 0.279. The number of H-pyrrole nitrogens is 1. The molecule has 0 amide bonds. The summed E-state index contributed by atoms with van der Waals surface area (Å²) in [7, 11) is 0. The Labute approximate surface area is 281 Å². The number of nitrogen functional groups attached to an aromatic ring is 1. The van der Waals surface area contributed by atoms with Gasteiger partial charge in [-0.15, -0.1) is 0 Å². The predicted octanol–water partition coefficient (Wildman–Crippen LogP) is 3.30. The molecule has 214 valence electrons. The number of carbonyl (C=O) groups is 1. The Morgan fingerprint density at radius 2 is 1.50 bits per heavy atom. The van der Waals surface area contributed by atoms with Gasteiger partial charge in [0.1, 0.15) is 16.1 Å². The van der Waals surface area contributed by atoms with Crippen molar-refractivity contribution in [2.75, 3.05) is 5.73 Å². The second-order valence-corrected chi connectivity index (χ2v) is 10.2. The van der Waals surface area contributed by atoms with Crippen LogP contribution in [0.4, 0.5) is 14.7 Å². The van der Waals surface area contributed by atoms with Crippen LogP contribution in [0.15, 0.2) is 106 Å². The number of aromatic carboxylic acids is 1. The Bertz CT molecular complexity index is 2040. The zero-order valence-electron chi connectivity index (χ0n) is 23.6. The third kappa shape index (κ3) is 6.95. The molecule has 6 aromatic rings. The molecule has 0 aliphatic heterocycles. The van der Waals surface area contributed by atoms with Crippen molar-refractivity contribution < 1.29 is 48.2 Å². The largest absolute Gasteiger partial charge is 1.00 e. The molecule has 0 aliphatic rings. The van der Waals surface area contributed by atoms with Crippen LogP contribution in [0, 0.1) is 18.6 Å². The number of carboxylic acid groups (broad SMARTS) is 1. The molecule has 44 heavy (non-hydrogen) atoms. The van der Waals surface area contributed by atoms with E-state index in [1.165, 1.54) is 18.2 Å². The number of aromatic nitrogens is 3. The number of aromatic amines is 1. The van der Waals surface area contributed by atoms with Gasteiger partial charge in [-0.3, -0.25) is 4.79 Å². The Morgan fingerprint density at radius 3 is 2.16 bits per heavy atom. The number of benzene rings is 4. The summed E-state index contributed by atoms with van der Waals surface area (Å²) in [5.41, 5.74) is 9.60. The number of pyridine rings is 1. The summed E-state index contributed by atoms with van der Waals surface area (Å²) in [4.78, 5) is 34.0. The van der Waals surface area contributed by atoms with E-state index in [1.807, 2.05) is 30.3 Å². The molecule has 2 heterocycles. The van der Waals surface area contributed by atoms with Crippen LogP contribution in [-0.4, -0.2) is 20.9 Å². The van der Waals surface area contributed by atoms with Crippen molar-refractivity contribution in [1.82, 2.24) is 15.0 Å².